The molecule has 0 unspecified atom stereocenters. The van der Waals surface area contributed by atoms with Crippen LogP contribution in [0.2, 0.25) is 0 Å². The fraction of sp³-hybridized carbons (Fsp3) is 0.543. The van der Waals surface area contributed by atoms with E-state index in [2.05, 4.69) is 4.90 Å². The van der Waals surface area contributed by atoms with Crippen LogP contribution in [-0.4, -0.2) is 127 Å². The summed E-state index contributed by atoms with van der Waals surface area (Å²) in [6.45, 7) is 3.43. The molecule has 16 nitrogen and oxygen atoms in total. The first-order chi connectivity index (χ1) is 24.4. The van der Waals surface area contributed by atoms with Crippen LogP contribution in [-0.2, 0) is 44.4 Å². The molecule has 2 aromatic carbocycles. The highest BCUT2D eigenvalue weighted by Gasteiger charge is 2.55. The van der Waals surface area contributed by atoms with Gasteiger partial charge in [0.2, 0.25) is 11.6 Å². The predicted octanol–water partition coefficient (Wildman–Crippen LogP) is 1.89. The summed E-state index contributed by atoms with van der Waals surface area (Å²) in [7, 11) is 2.86. The van der Waals surface area contributed by atoms with Crippen molar-refractivity contribution in [1.29, 1.82) is 0 Å². The summed E-state index contributed by atoms with van der Waals surface area (Å²) in [4.78, 5) is 55.4. The number of methoxy groups -OCH3 is 2. The molecule has 3 N–H and O–H groups in total. The van der Waals surface area contributed by atoms with Crippen LogP contribution < -0.4 is 4.74 Å². The number of aromatic hydroxyl groups is 2. The van der Waals surface area contributed by atoms with Gasteiger partial charge in [0.15, 0.2) is 31.2 Å². The SMILES string of the molecule is CCOC(=O)OCC(=O)[C@]1(O)Cc2c(O)c3c(c(O)c2[C@@H](O[C@H]2C[C@H]4[C@H](O[C@@H]5[C@@H](OC)OCCN54)[C@H](C)O2)C1)C(=O)c1c(OC)cccc1C3=O. The molecule has 0 aromatic heterocycles. The van der Waals surface area contributed by atoms with Gasteiger partial charge in [-0.1, -0.05) is 12.1 Å². The Hall–Kier alpha value is -4.16. The molecule has 7 rings (SSSR count). The average molecular weight is 714 g/mol. The Labute approximate surface area is 292 Å². The third-order valence-corrected chi connectivity index (χ3v) is 10.3. The number of carbonyl (C=O) groups excluding carboxylic acids is 4. The number of rotatable bonds is 8. The van der Waals surface area contributed by atoms with Crippen LogP contribution >= 0.6 is 0 Å². The van der Waals surface area contributed by atoms with E-state index in [1.807, 2.05) is 6.92 Å². The summed E-state index contributed by atoms with van der Waals surface area (Å²) in [5.41, 5.74) is -3.72. The van der Waals surface area contributed by atoms with Gasteiger partial charge in [-0.2, -0.15) is 0 Å². The second-order valence-electron chi connectivity index (χ2n) is 13.1. The number of fused-ring (bicyclic) bond motifs is 6. The highest BCUT2D eigenvalue weighted by atomic mass is 16.7. The van der Waals surface area contributed by atoms with E-state index in [1.54, 1.807) is 6.92 Å². The van der Waals surface area contributed by atoms with Crippen molar-refractivity contribution in [2.24, 2.45) is 0 Å². The topological polar surface area (TPSA) is 206 Å². The van der Waals surface area contributed by atoms with Crippen molar-refractivity contribution >= 4 is 23.5 Å². The lowest BCUT2D eigenvalue weighted by molar-refractivity contribution is -0.256. The second-order valence-corrected chi connectivity index (χ2v) is 13.1. The van der Waals surface area contributed by atoms with Gasteiger partial charge in [-0.05, 0) is 19.9 Å². The minimum atomic E-state index is -2.33. The largest absolute Gasteiger partial charge is 0.508 e. The Morgan fingerprint density at radius 3 is 2.53 bits per heavy atom. The maximum absolute atomic E-state index is 14.0. The van der Waals surface area contributed by atoms with Crippen molar-refractivity contribution in [3.05, 3.63) is 51.6 Å². The van der Waals surface area contributed by atoms with Crippen molar-refractivity contribution in [3.63, 3.8) is 0 Å². The molecule has 51 heavy (non-hydrogen) atoms. The van der Waals surface area contributed by atoms with Crippen molar-refractivity contribution in [2.45, 2.75) is 81.9 Å². The Bertz CT molecular complexity index is 1780. The van der Waals surface area contributed by atoms with Crippen LogP contribution in [0.3, 0.4) is 0 Å². The molecule has 0 bridgehead atoms. The lowest BCUT2D eigenvalue weighted by atomic mass is 9.72. The lowest BCUT2D eigenvalue weighted by Crippen LogP contribution is -2.55. The summed E-state index contributed by atoms with van der Waals surface area (Å²) >= 11 is 0. The van der Waals surface area contributed by atoms with Crippen molar-refractivity contribution in [3.8, 4) is 17.2 Å². The fourth-order valence-corrected chi connectivity index (χ4v) is 7.96. The number of benzene rings is 2. The molecule has 0 spiro atoms. The van der Waals surface area contributed by atoms with Crippen molar-refractivity contribution < 1.29 is 72.4 Å². The van der Waals surface area contributed by atoms with Gasteiger partial charge in [0.25, 0.3) is 0 Å². The molecule has 16 heteroatoms. The first-order valence-corrected chi connectivity index (χ1v) is 16.7. The lowest BCUT2D eigenvalue weighted by Gasteiger charge is -2.43. The third kappa shape index (κ3) is 5.74. The number of ketones is 3. The molecule has 0 radical (unpaired) electrons. The Morgan fingerprint density at radius 1 is 1.04 bits per heavy atom. The van der Waals surface area contributed by atoms with E-state index in [9.17, 15) is 34.5 Å². The van der Waals surface area contributed by atoms with E-state index < -0.39 is 102 Å². The number of hydrogen-bond donors (Lipinski definition) is 3. The smallest absolute Gasteiger partial charge is 0.507 e. The molecule has 3 fully saturated rings. The average Bonchev–Trinajstić information content (AvgIpc) is 3.50. The van der Waals surface area contributed by atoms with Crippen LogP contribution in [0, 0.1) is 0 Å². The zero-order valence-corrected chi connectivity index (χ0v) is 28.4. The Balaban J connectivity index is 1.28. The van der Waals surface area contributed by atoms with Crippen LogP contribution in [0.25, 0.3) is 0 Å². The number of hydrogen-bond acceptors (Lipinski definition) is 16. The zero-order valence-electron chi connectivity index (χ0n) is 28.4. The highest BCUT2D eigenvalue weighted by molar-refractivity contribution is 6.31. The summed E-state index contributed by atoms with van der Waals surface area (Å²) in [6.07, 6.45) is -6.31. The van der Waals surface area contributed by atoms with Gasteiger partial charge in [0.05, 0.1) is 49.2 Å². The van der Waals surface area contributed by atoms with Gasteiger partial charge in [0, 0.05) is 55.6 Å². The van der Waals surface area contributed by atoms with Crippen LogP contribution in [0.4, 0.5) is 4.79 Å². The van der Waals surface area contributed by atoms with Gasteiger partial charge in [-0.25, -0.2) is 4.79 Å². The van der Waals surface area contributed by atoms with Gasteiger partial charge in [0.1, 0.15) is 29.0 Å². The number of phenolic OH excluding ortho intramolecular Hbond substituents is 2. The van der Waals surface area contributed by atoms with Crippen LogP contribution in [0.15, 0.2) is 18.2 Å². The number of phenols is 2. The van der Waals surface area contributed by atoms with E-state index in [4.69, 9.17) is 37.9 Å². The fourth-order valence-electron chi connectivity index (χ4n) is 7.96. The molecule has 0 saturated carbocycles. The summed E-state index contributed by atoms with van der Waals surface area (Å²) in [6, 6.07) is 4.19. The van der Waals surface area contributed by atoms with Crippen LogP contribution in [0.5, 0.6) is 17.2 Å². The number of ether oxygens (including phenoxy) is 8. The molecule has 274 valence electrons. The maximum atomic E-state index is 14.0. The minimum absolute atomic E-state index is 0.00931. The minimum Gasteiger partial charge on any atom is -0.507 e. The van der Waals surface area contributed by atoms with Gasteiger partial charge in [-0.3, -0.25) is 19.3 Å². The molecule has 8 atom stereocenters. The molecule has 2 aliphatic carbocycles. The van der Waals surface area contributed by atoms with E-state index in [-0.39, 0.29) is 53.2 Å². The van der Waals surface area contributed by atoms with E-state index >= 15 is 0 Å². The Morgan fingerprint density at radius 2 is 1.80 bits per heavy atom. The third-order valence-electron chi connectivity index (χ3n) is 10.3. The summed E-state index contributed by atoms with van der Waals surface area (Å²) in [5, 5.41) is 35.5. The predicted molar refractivity (Wildman–Crippen MR) is 170 cm³/mol. The quantitative estimate of drug-likeness (QED) is 0.225. The van der Waals surface area contributed by atoms with Gasteiger partial charge in [-0.15, -0.1) is 0 Å². The molecule has 0 amide bonds. The molecule has 3 saturated heterocycles. The maximum Gasteiger partial charge on any atom is 0.508 e. The van der Waals surface area contributed by atoms with Gasteiger partial charge < -0.3 is 53.2 Å². The second kappa shape index (κ2) is 13.4. The highest BCUT2D eigenvalue weighted by Crippen LogP contribution is 2.53. The molecular formula is C35H39NO15. The normalized spacial score (nSPS) is 31.1. The van der Waals surface area contributed by atoms with Gasteiger partial charge >= 0.3 is 6.16 Å². The van der Waals surface area contributed by atoms with Crippen LogP contribution in [0.1, 0.15) is 75.8 Å². The summed E-state index contributed by atoms with van der Waals surface area (Å²) < 4.78 is 45.2. The number of carbonyl (C=O) groups is 4. The molecule has 3 heterocycles. The molecule has 5 aliphatic rings. The Kier molecular flexibility index (Phi) is 9.28. The van der Waals surface area contributed by atoms with Crippen molar-refractivity contribution in [1.82, 2.24) is 4.90 Å². The first-order valence-electron chi connectivity index (χ1n) is 16.7. The van der Waals surface area contributed by atoms with E-state index in [0.29, 0.717) is 13.2 Å². The zero-order chi connectivity index (χ0) is 36.4. The molecule has 2 aromatic rings. The monoisotopic (exact) mass is 713 g/mol. The van der Waals surface area contributed by atoms with E-state index in [0.717, 1.165) is 0 Å². The number of aliphatic hydroxyl groups is 1. The number of Topliss-reactive ketones (excluding diaryl/α,β-unsaturated/α-hetero) is 1. The van der Waals surface area contributed by atoms with E-state index in [1.165, 1.54) is 32.4 Å². The first kappa shape index (κ1) is 35.3. The summed E-state index contributed by atoms with van der Waals surface area (Å²) in [5.74, 6) is -3.77. The van der Waals surface area contributed by atoms with Crippen molar-refractivity contribution in [2.75, 3.05) is 40.6 Å². The molecule has 3 aliphatic heterocycles. The molecular weight excluding hydrogens is 674 g/mol. The number of morpholine rings is 1. The standard InChI is InChI=1S/C35H39NO15/c1-5-46-34(42)48-14-21(37)35(43)12-17-24(30(41)26-25(28(17)39)27(38)16-7-6-8-19(44-3)23(16)29(26)40)20(13-35)50-22-11-18-31(15(2)49-22)51-32-33(45-4)47-10-9-36(18)32/h6-8,15,18,20,22,31-33,39,41,43H,5,9-14H2,1-4H3/t15-,18-,20-,22-,31+,32+,33-,35-/m0/s1. The number of nitrogens with zero attached hydrogens (tertiary/aromatic N) is 1.